The highest BCUT2D eigenvalue weighted by molar-refractivity contribution is 7.89. The van der Waals surface area contributed by atoms with E-state index in [2.05, 4.69) is 19.9 Å². The zero-order chi connectivity index (χ0) is 18.3. The summed E-state index contributed by atoms with van der Waals surface area (Å²) in [5, 5.41) is 9.65. The molecule has 26 heavy (non-hydrogen) atoms. The van der Waals surface area contributed by atoms with Gasteiger partial charge in [0.1, 0.15) is 6.07 Å². The maximum Gasteiger partial charge on any atom is 0.215 e. The molecule has 0 aromatic carbocycles. The number of fused-ring (bicyclic) bond motifs is 2. The van der Waals surface area contributed by atoms with Crippen LogP contribution in [0.15, 0.2) is 30.6 Å². The molecule has 2 bridgehead atoms. The third kappa shape index (κ3) is 1.80. The molecule has 136 valence electrons. The SMILES string of the molecule is CC1(C)[C@@H]2CC[C@]13CS(=O)(=O)N(Cc1cn4ccccc4c1C#N)[C@@H]3C2. The van der Waals surface area contributed by atoms with Gasteiger partial charge < -0.3 is 4.40 Å². The van der Waals surface area contributed by atoms with Crippen molar-refractivity contribution in [1.82, 2.24) is 8.71 Å². The topological polar surface area (TPSA) is 65.6 Å². The number of nitrogens with zero attached hydrogens (tertiary/aromatic N) is 3. The Bertz CT molecular complexity index is 1060. The van der Waals surface area contributed by atoms with Crippen molar-refractivity contribution in [2.75, 3.05) is 5.75 Å². The summed E-state index contributed by atoms with van der Waals surface area (Å²) in [6.07, 6.45) is 6.93. The Hall–Kier alpha value is -1.84. The van der Waals surface area contributed by atoms with Gasteiger partial charge in [0.15, 0.2) is 0 Å². The van der Waals surface area contributed by atoms with Gasteiger partial charge in [-0.25, -0.2) is 8.42 Å². The van der Waals surface area contributed by atoms with Gasteiger partial charge in [-0.2, -0.15) is 9.57 Å². The molecule has 1 saturated heterocycles. The second-order valence-electron chi connectivity index (χ2n) is 8.80. The minimum atomic E-state index is -3.31. The summed E-state index contributed by atoms with van der Waals surface area (Å²) in [5.74, 6) is 0.873. The van der Waals surface area contributed by atoms with Gasteiger partial charge in [0, 0.05) is 36.0 Å². The maximum absolute atomic E-state index is 13.1. The molecule has 2 aromatic heterocycles. The monoisotopic (exact) mass is 369 g/mol. The van der Waals surface area contributed by atoms with Gasteiger partial charge in [-0.3, -0.25) is 0 Å². The summed E-state index contributed by atoms with van der Waals surface area (Å²) in [7, 11) is -3.31. The largest absolute Gasteiger partial charge is 0.322 e. The fourth-order valence-corrected chi connectivity index (χ4v) is 8.71. The number of hydrogen-bond acceptors (Lipinski definition) is 3. The van der Waals surface area contributed by atoms with E-state index in [1.807, 2.05) is 35.0 Å². The quantitative estimate of drug-likeness (QED) is 0.817. The van der Waals surface area contributed by atoms with E-state index < -0.39 is 10.0 Å². The molecule has 3 heterocycles. The van der Waals surface area contributed by atoms with Crippen molar-refractivity contribution in [3.63, 3.8) is 0 Å². The zero-order valence-corrected chi connectivity index (χ0v) is 16.0. The van der Waals surface area contributed by atoms with E-state index in [9.17, 15) is 13.7 Å². The molecule has 0 unspecified atom stereocenters. The molecule has 0 N–H and O–H groups in total. The summed E-state index contributed by atoms with van der Waals surface area (Å²) in [6, 6.07) is 8.09. The molecule has 2 aromatic rings. The Morgan fingerprint density at radius 2 is 2.15 bits per heavy atom. The Balaban J connectivity index is 1.59. The van der Waals surface area contributed by atoms with Gasteiger partial charge in [-0.1, -0.05) is 19.9 Å². The molecule has 3 aliphatic rings. The van der Waals surface area contributed by atoms with Crippen LogP contribution in [0.5, 0.6) is 0 Å². The molecule has 1 aliphatic heterocycles. The standard InChI is InChI=1S/C20H23N3O2S/c1-19(2)15-6-7-20(19)13-26(24,25)23(18(20)9-15)12-14-11-22-8-4-3-5-17(22)16(14)10-21/h3-5,8,11,15,18H,6-7,9,12-13H2,1-2H3/t15-,18-,20-/m1/s1. The van der Waals surface area contributed by atoms with Crippen LogP contribution in [-0.2, 0) is 16.6 Å². The average Bonchev–Trinajstić information content (AvgIpc) is 3.20. The molecule has 1 spiro atoms. The van der Waals surface area contributed by atoms with Crippen LogP contribution < -0.4 is 0 Å². The summed E-state index contributed by atoms with van der Waals surface area (Å²) in [5.41, 5.74) is 2.18. The molecule has 0 amide bonds. The first-order chi connectivity index (χ1) is 12.3. The summed E-state index contributed by atoms with van der Waals surface area (Å²) < 4.78 is 29.8. The lowest BCUT2D eigenvalue weighted by atomic mass is 9.69. The molecular formula is C20H23N3O2S. The first-order valence-corrected chi connectivity index (χ1v) is 10.9. The Kier molecular flexibility index (Phi) is 3.08. The van der Waals surface area contributed by atoms with Gasteiger partial charge in [0.25, 0.3) is 0 Å². The molecule has 6 heteroatoms. The smallest absolute Gasteiger partial charge is 0.215 e. The van der Waals surface area contributed by atoms with Gasteiger partial charge in [-0.15, -0.1) is 0 Å². The summed E-state index contributed by atoms with van der Waals surface area (Å²) >= 11 is 0. The fourth-order valence-electron chi connectivity index (χ4n) is 6.18. The van der Waals surface area contributed by atoms with E-state index in [-0.39, 0.29) is 22.6 Å². The third-order valence-corrected chi connectivity index (χ3v) is 9.71. The fraction of sp³-hybridized carbons (Fsp3) is 0.550. The maximum atomic E-state index is 13.1. The van der Waals surface area contributed by atoms with Crippen LogP contribution in [0.25, 0.3) is 5.52 Å². The Morgan fingerprint density at radius 1 is 1.35 bits per heavy atom. The lowest BCUT2D eigenvalue weighted by Crippen LogP contribution is -2.41. The van der Waals surface area contributed by atoms with Crippen molar-refractivity contribution >= 4 is 15.5 Å². The van der Waals surface area contributed by atoms with E-state index in [1.54, 1.807) is 4.31 Å². The normalized spacial score (nSPS) is 34.2. The highest BCUT2D eigenvalue weighted by atomic mass is 32.2. The number of aromatic nitrogens is 1. The van der Waals surface area contributed by atoms with Gasteiger partial charge >= 0.3 is 0 Å². The third-order valence-electron chi connectivity index (χ3n) is 7.73. The van der Waals surface area contributed by atoms with Crippen LogP contribution in [0.2, 0.25) is 0 Å². The van der Waals surface area contributed by atoms with Gasteiger partial charge in [-0.05, 0) is 42.7 Å². The van der Waals surface area contributed by atoms with E-state index in [0.717, 1.165) is 30.3 Å². The molecule has 3 fully saturated rings. The van der Waals surface area contributed by atoms with Crippen molar-refractivity contribution in [2.24, 2.45) is 16.7 Å². The molecule has 0 radical (unpaired) electrons. The van der Waals surface area contributed by atoms with Gasteiger partial charge in [0.2, 0.25) is 10.0 Å². The highest BCUT2D eigenvalue weighted by Gasteiger charge is 2.71. The number of rotatable bonds is 2. The van der Waals surface area contributed by atoms with Crippen molar-refractivity contribution in [3.8, 4) is 6.07 Å². The predicted octanol–water partition coefficient (Wildman–Crippen LogP) is 3.15. The molecule has 2 aliphatic carbocycles. The second kappa shape index (κ2) is 4.90. The Morgan fingerprint density at radius 3 is 2.88 bits per heavy atom. The minimum absolute atomic E-state index is 0.0725. The van der Waals surface area contributed by atoms with E-state index in [4.69, 9.17) is 0 Å². The van der Waals surface area contributed by atoms with Crippen molar-refractivity contribution in [2.45, 2.75) is 45.7 Å². The van der Waals surface area contributed by atoms with Crippen LogP contribution in [0.4, 0.5) is 0 Å². The number of sulfonamides is 1. The van der Waals surface area contributed by atoms with Crippen LogP contribution in [0.3, 0.4) is 0 Å². The minimum Gasteiger partial charge on any atom is -0.322 e. The molecule has 5 rings (SSSR count). The summed E-state index contributed by atoms with van der Waals surface area (Å²) in [4.78, 5) is 0. The van der Waals surface area contributed by atoms with Crippen LogP contribution in [0.1, 0.15) is 44.2 Å². The number of hydrogen-bond donors (Lipinski definition) is 0. The molecule has 3 atom stereocenters. The van der Waals surface area contributed by atoms with E-state index in [1.165, 1.54) is 0 Å². The van der Waals surface area contributed by atoms with Crippen molar-refractivity contribution in [1.29, 1.82) is 5.26 Å². The van der Waals surface area contributed by atoms with Crippen LogP contribution in [0, 0.1) is 28.1 Å². The molecule has 2 saturated carbocycles. The van der Waals surface area contributed by atoms with Gasteiger partial charge in [0.05, 0.1) is 16.8 Å². The van der Waals surface area contributed by atoms with Crippen molar-refractivity contribution < 1.29 is 8.42 Å². The highest BCUT2D eigenvalue weighted by Crippen LogP contribution is 2.70. The van der Waals surface area contributed by atoms with E-state index in [0.29, 0.717) is 18.0 Å². The Labute approximate surface area is 154 Å². The lowest BCUT2D eigenvalue weighted by Gasteiger charge is -2.37. The van der Waals surface area contributed by atoms with Crippen LogP contribution >= 0.6 is 0 Å². The first kappa shape index (κ1) is 16.3. The zero-order valence-electron chi connectivity index (χ0n) is 15.1. The predicted molar refractivity (Wildman–Crippen MR) is 98.8 cm³/mol. The molecular weight excluding hydrogens is 346 g/mol. The van der Waals surface area contributed by atoms with Crippen molar-refractivity contribution in [3.05, 3.63) is 41.7 Å². The summed E-state index contributed by atoms with van der Waals surface area (Å²) in [6.45, 7) is 4.83. The van der Waals surface area contributed by atoms with Crippen LogP contribution in [-0.4, -0.2) is 28.9 Å². The average molecular weight is 369 g/mol. The molecule has 5 nitrogen and oxygen atoms in total. The number of pyridine rings is 1. The number of nitriles is 1. The second-order valence-corrected chi connectivity index (χ2v) is 10.7. The lowest BCUT2D eigenvalue weighted by molar-refractivity contribution is 0.112. The first-order valence-electron chi connectivity index (χ1n) is 9.28. The van der Waals surface area contributed by atoms with E-state index >= 15 is 0 Å².